The summed E-state index contributed by atoms with van der Waals surface area (Å²) in [6.45, 7) is 5.47. The van der Waals surface area contributed by atoms with Gasteiger partial charge in [-0.1, -0.05) is 67.6 Å². The van der Waals surface area contributed by atoms with E-state index >= 15 is 0 Å². The first-order valence-electron chi connectivity index (χ1n) is 9.38. The van der Waals surface area contributed by atoms with Gasteiger partial charge >= 0.3 is 5.91 Å². The predicted molar refractivity (Wildman–Crippen MR) is 108 cm³/mol. The van der Waals surface area contributed by atoms with Crippen LogP contribution < -0.4 is 10.2 Å². The van der Waals surface area contributed by atoms with E-state index in [1.54, 1.807) is 0 Å². The van der Waals surface area contributed by atoms with Crippen LogP contribution in [0.2, 0.25) is 0 Å². The molecule has 0 radical (unpaired) electrons. The highest BCUT2D eigenvalue weighted by atomic mass is 16.2. The van der Waals surface area contributed by atoms with Gasteiger partial charge in [-0.15, -0.1) is 0 Å². The second-order valence-corrected chi connectivity index (χ2v) is 7.22. The number of carbonyl (C=O) groups is 1. The van der Waals surface area contributed by atoms with Crippen molar-refractivity contribution in [3.05, 3.63) is 83.7 Å². The Bertz CT molecular complexity index is 939. The van der Waals surface area contributed by atoms with Crippen LogP contribution in [0.15, 0.2) is 83.1 Å². The first-order valence-corrected chi connectivity index (χ1v) is 9.38. The molecule has 2 aromatic rings. The van der Waals surface area contributed by atoms with Crippen molar-refractivity contribution in [3.8, 4) is 11.1 Å². The Labute approximate surface area is 159 Å². The lowest BCUT2D eigenvalue weighted by molar-refractivity contribution is -0.758. The third-order valence-electron chi connectivity index (χ3n) is 5.11. The van der Waals surface area contributed by atoms with E-state index in [1.165, 1.54) is 11.1 Å². The minimum absolute atomic E-state index is 0.0316. The number of quaternary nitrogens is 1. The van der Waals surface area contributed by atoms with Crippen molar-refractivity contribution in [2.24, 2.45) is 10.9 Å². The minimum atomic E-state index is -0.0316. The number of amides is 1. The Morgan fingerprint density at radius 1 is 1.11 bits per heavy atom. The van der Waals surface area contributed by atoms with E-state index in [0.29, 0.717) is 12.5 Å². The summed E-state index contributed by atoms with van der Waals surface area (Å²) in [6.07, 6.45) is 4.19. The highest BCUT2D eigenvalue weighted by Gasteiger charge is 2.37. The maximum atomic E-state index is 12.8. The number of aliphatic imine (C=N–C) groups is 1. The molecular formula is C23H24N3O+. The van der Waals surface area contributed by atoms with Crippen LogP contribution in [0.1, 0.15) is 19.4 Å². The van der Waals surface area contributed by atoms with E-state index in [9.17, 15) is 4.79 Å². The average molecular weight is 358 g/mol. The van der Waals surface area contributed by atoms with E-state index in [2.05, 4.69) is 59.7 Å². The summed E-state index contributed by atoms with van der Waals surface area (Å²) < 4.78 is 0. The molecule has 2 aliphatic rings. The summed E-state index contributed by atoms with van der Waals surface area (Å²) in [6, 6.07) is 18.6. The van der Waals surface area contributed by atoms with E-state index in [-0.39, 0.29) is 5.91 Å². The van der Waals surface area contributed by atoms with Crippen molar-refractivity contribution in [1.29, 1.82) is 0 Å². The fourth-order valence-electron chi connectivity index (χ4n) is 3.66. The molecule has 2 aliphatic heterocycles. The Hall–Kier alpha value is -2.98. The number of amidine groups is 1. The summed E-state index contributed by atoms with van der Waals surface area (Å²) in [7, 11) is 0. The molecule has 27 heavy (non-hydrogen) atoms. The third kappa shape index (κ3) is 3.62. The number of carbonyl (C=O) groups excluding carboxylic acids is 1. The van der Waals surface area contributed by atoms with Crippen molar-refractivity contribution >= 4 is 11.7 Å². The number of allylic oxidation sites excluding steroid dienone is 1. The molecule has 2 N–H and O–H groups in total. The second kappa shape index (κ2) is 7.33. The number of fused-ring (bicyclic) bond motifs is 1. The van der Waals surface area contributed by atoms with Crippen LogP contribution in [-0.2, 0) is 11.3 Å². The highest BCUT2D eigenvalue weighted by Crippen LogP contribution is 2.19. The molecule has 4 heteroatoms. The largest absolute Gasteiger partial charge is 0.343 e. The van der Waals surface area contributed by atoms with Gasteiger partial charge in [0, 0.05) is 18.5 Å². The van der Waals surface area contributed by atoms with E-state index < -0.39 is 0 Å². The molecule has 2 aromatic carbocycles. The molecule has 0 aliphatic carbocycles. The van der Waals surface area contributed by atoms with Gasteiger partial charge in [0.25, 0.3) is 0 Å². The smallest absolute Gasteiger partial charge is 0.308 e. The number of rotatable bonds is 4. The number of hydrogen-bond acceptors (Lipinski definition) is 2. The first-order chi connectivity index (χ1) is 13.1. The van der Waals surface area contributed by atoms with Crippen molar-refractivity contribution in [1.82, 2.24) is 5.32 Å². The minimum Gasteiger partial charge on any atom is -0.343 e. The molecule has 0 spiro atoms. The Kier molecular flexibility index (Phi) is 4.73. The lowest BCUT2D eigenvalue weighted by Gasteiger charge is -2.21. The van der Waals surface area contributed by atoms with Crippen molar-refractivity contribution in [2.75, 3.05) is 6.54 Å². The molecule has 2 atom stereocenters. The number of nitrogens with zero attached hydrogens (tertiary/aromatic N) is 1. The zero-order valence-corrected chi connectivity index (χ0v) is 15.7. The first kappa shape index (κ1) is 17.4. The standard InChI is InChI=1S/C23H23N3O/c1-16-8-13-21-25-17(2)22(26(21)15-16)23(27)24-14-18-9-11-20(12-10-18)19-6-4-3-5-7-19/h3-13,16H,14-15H2,1-2H3,(H,24,27)/p+1. The second-order valence-electron chi connectivity index (χ2n) is 7.22. The Balaban J connectivity index is 1.41. The normalized spacial score (nSPS) is 21.0. The van der Waals surface area contributed by atoms with E-state index in [1.807, 2.05) is 31.2 Å². The summed E-state index contributed by atoms with van der Waals surface area (Å²) >= 11 is 0. The maximum Gasteiger partial charge on any atom is 0.308 e. The lowest BCUT2D eigenvalue weighted by atomic mass is 10.0. The third-order valence-corrected chi connectivity index (χ3v) is 5.11. The molecule has 0 saturated heterocycles. The van der Waals surface area contributed by atoms with Gasteiger partial charge in [-0.25, -0.2) is 4.90 Å². The van der Waals surface area contributed by atoms with Crippen LogP contribution in [0.25, 0.3) is 11.1 Å². The summed E-state index contributed by atoms with van der Waals surface area (Å²) in [4.78, 5) is 18.4. The molecule has 0 fully saturated rings. The number of nitrogens with one attached hydrogen (secondary N) is 2. The van der Waals surface area contributed by atoms with Crippen LogP contribution in [0, 0.1) is 5.92 Å². The van der Waals surface area contributed by atoms with E-state index in [0.717, 1.165) is 34.2 Å². The molecule has 4 rings (SSSR count). The van der Waals surface area contributed by atoms with E-state index in [4.69, 9.17) is 0 Å². The van der Waals surface area contributed by atoms with Crippen molar-refractivity contribution in [3.63, 3.8) is 0 Å². The van der Waals surface area contributed by atoms with Crippen LogP contribution in [0.3, 0.4) is 0 Å². The van der Waals surface area contributed by atoms with Gasteiger partial charge in [0.05, 0.1) is 6.54 Å². The molecule has 0 bridgehead atoms. The highest BCUT2D eigenvalue weighted by molar-refractivity contribution is 5.99. The van der Waals surface area contributed by atoms with Gasteiger partial charge < -0.3 is 5.32 Å². The van der Waals surface area contributed by atoms with Crippen LogP contribution in [0.4, 0.5) is 0 Å². The van der Waals surface area contributed by atoms with Crippen LogP contribution in [0.5, 0.6) is 0 Å². The van der Waals surface area contributed by atoms with Gasteiger partial charge in [-0.2, -0.15) is 4.99 Å². The molecule has 4 nitrogen and oxygen atoms in total. The fraction of sp³-hybridized carbons (Fsp3) is 0.217. The quantitative estimate of drug-likeness (QED) is 0.867. The molecule has 0 aromatic heterocycles. The van der Waals surface area contributed by atoms with Gasteiger partial charge in [0.15, 0.2) is 0 Å². The summed E-state index contributed by atoms with van der Waals surface area (Å²) in [5, 5.41) is 3.06. The fourth-order valence-corrected chi connectivity index (χ4v) is 3.66. The number of hydrogen-bond donors (Lipinski definition) is 2. The molecule has 0 saturated carbocycles. The van der Waals surface area contributed by atoms with Gasteiger partial charge in [0.2, 0.25) is 11.5 Å². The Morgan fingerprint density at radius 2 is 1.81 bits per heavy atom. The topological polar surface area (TPSA) is 45.9 Å². The molecule has 2 heterocycles. The zero-order valence-electron chi connectivity index (χ0n) is 15.7. The molecular weight excluding hydrogens is 334 g/mol. The average Bonchev–Trinajstić information content (AvgIpc) is 3.02. The monoisotopic (exact) mass is 358 g/mol. The van der Waals surface area contributed by atoms with Crippen molar-refractivity contribution in [2.45, 2.75) is 20.4 Å². The molecule has 2 unspecified atom stereocenters. The summed E-state index contributed by atoms with van der Waals surface area (Å²) in [5.41, 5.74) is 5.03. The number of benzene rings is 2. The van der Waals surface area contributed by atoms with Gasteiger partial charge in [-0.05, 0) is 23.6 Å². The summed E-state index contributed by atoms with van der Waals surface area (Å²) in [5.74, 6) is 1.36. The SMILES string of the molecule is CC1=C(C(=O)NCc2ccc(-c3ccccc3)cc2)[NH+]2CC(C)C=CC2=N1. The van der Waals surface area contributed by atoms with Crippen LogP contribution >= 0.6 is 0 Å². The Morgan fingerprint density at radius 3 is 2.56 bits per heavy atom. The van der Waals surface area contributed by atoms with Gasteiger partial charge in [-0.3, -0.25) is 4.79 Å². The van der Waals surface area contributed by atoms with Gasteiger partial charge in [0.1, 0.15) is 5.70 Å². The van der Waals surface area contributed by atoms with Crippen LogP contribution in [-0.4, -0.2) is 18.3 Å². The van der Waals surface area contributed by atoms with Crippen molar-refractivity contribution < 1.29 is 9.69 Å². The maximum absolute atomic E-state index is 12.8. The molecule has 1 amide bonds. The lowest BCUT2D eigenvalue weighted by Crippen LogP contribution is -3.13. The predicted octanol–water partition coefficient (Wildman–Crippen LogP) is 2.70. The molecule has 136 valence electrons. The zero-order chi connectivity index (χ0) is 18.8.